The van der Waals surface area contributed by atoms with E-state index in [-0.39, 0.29) is 12.4 Å². The minimum Gasteiger partial charge on any atom is -0.508 e. The minimum atomic E-state index is 0.183. The zero-order valence-electron chi connectivity index (χ0n) is 10.5. The predicted octanol–water partition coefficient (Wildman–Crippen LogP) is 2.62. The van der Waals surface area contributed by atoms with E-state index in [0.29, 0.717) is 17.5 Å². The number of aryl methyl sites for hydroxylation is 2. The monoisotopic (exact) mass is 248 g/mol. The maximum absolute atomic E-state index is 9.43. The van der Waals surface area contributed by atoms with Crippen molar-refractivity contribution >= 4 is 0 Å². The first-order valence-electron chi connectivity index (χ1n) is 5.92. The molecule has 0 aliphatic carbocycles. The van der Waals surface area contributed by atoms with Gasteiger partial charge < -0.3 is 14.4 Å². The Bertz CT molecular complexity index is 502. The fourth-order valence-electron chi connectivity index (χ4n) is 1.63. The Morgan fingerprint density at radius 1 is 1.33 bits per heavy atom. The van der Waals surface area contributed by atoms with Crippen molar-refractivity contribution in [2.45, 2.75) is 33.3 Å². The number of aromatic hydroxyl groups is 1. The van der Waals surface area contributed by atoms with Crippen LogP contribution in [-0.4, -0.2) is 15.2 Å². The molecule has 0 bridgehead atoms. The zero-order chi connectivity index (χ0) is 13.0. The molecule has 0 aliphatic heterocycles. The van der Waals surface area contributed by atoms with Crippen LogP contribution in [0.5, 0.6) is 11.5 Å². The van der Waals surface area contributed by atoms with E-state index in [4.69, 9.17) is 9.26 Å². The van der Waals surface area contributed by atoms with E-state index in [0.717, 1.165) is 18.4 Å². The minimum absolute atomic E-state index is 0.183. The molecule has 0 unspecified atom stereocenters. The number of hydrogen-bond acceptors (Lipinski definition) is 5. The molecule has 0 aliphatic rings. The third-order valence-electron chi connectivity index (χ3n) is 2.38. The summed E-state index contributed by atoms with van der Waals surface area (Å²) in [4.78, 5) is 4.19. The van der Waals surface area contributed by atoms with Gasteiger partial charge in [-0.05, 0) is 31.0 Å². The lowest BCUT2D eigenvalue weighted by molar-refractivity contribution is 0.241. The summed E-state index contributed by atoms with van der Waals surface area (Å²) in [6.07, 6.45) is 1.78. The molecule has 0 amide bonds. The number of ether oxygens (including phenoxy) is 1. The van der Waals surface area contributed by atoms with Gasteiger partial charge in [0.2, 0.25) is 0 Å². The standard InChI is InChI=1S/C13H16N2O3/c1-3-4-12-14-13(18-15-12)8-17-11-6-9(2)5-10(16)7-11/h5-7,16H,3-4,8H2,1-2H3. The van der Waals surface area contributed by atoms with Crippen molar-refractivity contribution in [2.75, 3.05) is 0 Å². The van der Waals surface area contributed by atoms with Crippen LogP contribution in [0.1, 0.15) is 30.6 Å². The van der Waals surface area contributed by atoms with Crippen molar-refractivity contribution in [1.29, 1.82) is 0 Å². The molecule has 0 spiro atoms. The maximum Gasteiger partial charge on any atom is 0.264 e. The van der Waals surface area contributed by atoms with Gasteiger partial charge in [0.15, 0.2) is 12.4 Å². The van der Waals surface area contributed by atoms with Gasteiger partial charge in [0.25, 0.3) is 5.89 Å². The molecule has 0 atom stereocenters. The van der Waals surface area contributed by atoms with E-state index < -0.39 is 0 Å². The van der Waals surface area contributed by atoms with Gasteiger partial charge in [-0.15, -0.1) is 0 Å². The van der Waals surface area contributed by atoms with E-state index in [2.05, 4.69) is 17.1 Å². The van der Waals surface area contributed by atoms with Gasteiger partial charge >= 0.3 is 0 Å². The topological polar surface area (TPSA) is 68.4 Å². The summed E-state index contributed by atoms with van der Waals surface area (Å²) in [5, 5.41) is 13.3. The van der Waals surface area contributed by atoms with Gasteiger partial charge in [-0.25, -0.2) is 0 Å². The predicted molar refractivity (Wildman–Crippen MR) is 65.5 cm³/mol. The molecular weight excluding hydrogens is 232 g/mol. The van der Waals surface area contributed by atoms with E-state index in [9.17, 15) is 5.11 Å². The number of nitrogens with zero attached hydrogens (tertiary/aromatic N) is 2. The van der Waals surface area contributed by atoms with Crippen LogP contribution in [0.15, 0.2) is 22.7 Å². The molecule has 18 heavy (non-hydrogen) atoms. The molecule has 0 radical (unpaired) electrons. The van der Waals surface area contributed by atoms with Crippen LogP contribution >= 0.6 is 0 Å². The first-order valence-corrected chi connectivity index (χ1v) is 5.92. The summed E-state index contributed by atoms with van der Waals surface area (Å²) >= 11 is 0. The number of aromatic nitrogens is 2. The van der Waals surface area contributed by atoms with Crippen LogP contribution < -0.4 is 4.74 Å². The zero-order valence-corrected chi connectivity index (χ0v) is 10.5. The number of phenolic OH excluding ortho intramolecular Hbond substituents is 1. The van der Waals surface area contributed by atoms with Crippen molar-refractivity contribution in [3.05, 3.63) is 35.5 Å². The van der Waals surface area contributed by atoms with Crippen LogP contribution in [0.25, 0.3) is 0 Å². The summed E-state index contributed by atoms with van der Waals surface area (Å²) in [5.74, 6) is 1.91. The molecule has 1 aromatic heterocycles. The van der Waals surface area contributed by atoms with Crippen LogP contribution in [0.2, 0.25) is 0 Å². The maximum atomic E-state index is 9.43. The van der Waals surface area contributed by atoms with Gasteiger partial charge in [-0.2, -0.15) is 4.98 Å². The average Bonchev–Trinajstić information content (AvgIpc) is 2.74. The molecule has 0 saturated heterocycles. The van der Waals surface area contributed by atoms with Gasteiger partial charge in [0, 0.05) is 12.5 Å². The Morgan fingerprint density at radius 3 is 2.89 bits per heavy atom. The Balaban J connectivity index is 1.97. The third-order valence-corrected chi connectivity index (χ3v) is 2.38. The first kappa shape index (κ1) is 12.4. The fourth-order valence-corrected chi connectivity index (χ4v) is 1.63. The van der Waals surface area contributed by atoms with Gasteiger partial charge in [-0.3, -0.25) is 0 Å². The van der Waals surface area contributed by atoms with E-state index in [1.54, 1.807) is 12.1 Å². The Labute approximate surface area is 105 Å². The molecule has 1 N–H and O–H groups in total. The molecule has 0 saturated carbocycles. The normalized spacial score (nSPS) is 10.6. The lowest BCUT2D eigenvalue weighted by Gasteiger charge is -2.04. The number of rotatable bonds is 5. The van der Waals surface area contributed by atoms with Gasteiger partial charge in [0.1, 0.15) is 11.5 Å². The molecule has 1 heterocycles. The Morgan fingerprint density at radius 2 is 2.17 bits per heavy atom. The van der Waals surface area contributed by atoms with Crippen molar-refractivity contribution in [3.63, 3.8) is 0 Å². The summed E-state index contributed by atoms with van der Waals surface area (Å²) < 4.78 is 10.5. The van der Waals surface area contributed by atoms with Gasteiger partial charge in [-0.1, -0.05) is 12.1 Å². The second-order valence-corrected chi connectivity index (χ2v) is 4.15. The largest absolute Gasteiger partial charge is 0.508 e. The molecule has 1 aromatic carbocycles. The molecular formula is C13H16N2O3. The lowest BCUT2D eigenvalue weighted by atomic mass is 10.2. The second kappa shape index (κ2) is 5.53. The fraction of sp³-hybridized carbons (Fsp3) is 0.385. The molecule has 96 valence electrons. The number of phenols is 1. The quantitative estimate of drug-likeness (QED) is 0.880. The van der Waals surface area contributed by atoms with Crippen molar-refractivity contribution in [3.8, 4) is 11.5 Å². The highest BCUT2D eigenvalue weighted by Gasteiger charge is 2.06. The van der Waals surface area contributed by atoms with Crippen LogP contribution in [0.3, 0.4) is 0 Å². The highest BCUT2D eigenvalue weighted by molar-refractivity contribution is 5.36. The smallest absolute Gasteiger partial charge is 0.264 e. The molecule has 2 aromatic rings. The number of hydrogen-bond donors (Lipinski definition) is 1. The van der Waals surface area contributed by atoms with E-state index in [1.807, 2.05) is 13.0 Å². The Hall–Kier alpha value is -2.04. The van der Waals surface area contributed by atoms with Gasteiger partial charge in [0.05, 0.1) is 0 Å². The van der Waals surface area contributed by atoms with Crippen LogP contribution in [-0.2, 0) is 13.0 Å². The summed E-state index contributed by atoms with van der Waals surface area (Å²) in [6, 6.07) is 5.05. The third kappa shape index (κ3) is 3.23. The lowest BCUT2D eigenvalue weighted by Crippen LogP contribution is -1.96. The van der Waals surface area contributed by atoms with Crippen molar-refractivity contribution in [2.24, 2.45) is 0 Å². The van der Waals surface area contributed by atoms with Crippen molar-refractivity contribution in [1.82, 2.24) is 10.1 Å². The summed E-state index contributed by atoms with van der Waals surface area (Å²) in [5.41, 5.74) is 0.933. The van der Waals surface area contributed by atoms with Crippen LogP contribution in [0.4, 0.5) is 0 Å². The SMILES string of the molecule is CCCc1noc(COc2cc(C)cc(O)c2)n1. The van der Waals surface area contributed by atoms with Crippen LogP contribution in [0, 0.1) is 6.92 Å². The summed E-state index contributed by atoms with van der Waals surface area (Å²) in [6.45, 7) is 4.15. The summed E-state index contributed by atoms with van der Waals surface area (Å²) in [7, 11) is 0. The highest BCUT2D eigenvalue weighted by Crippen LogP contribution is 2.21. The molecule has 5 heteroatoms. The highest BCUT2D eigenvalue weighted by atomic mass is 16.5. The Kier molecular flexibility index (Phi) is 3.82. The number of benzene rings is 1. The van der Waals surface area contributed by atoms with Crippen molar-refractivity contribution < 1.29 is 14.4 Å². The molecule has 0 fully saturated rings. The second-order valence-electron chi connectivity index (χ2n) is 4.15. The van der Waals surface area contributed by atoms with E-state index in [1.165, 1.54) is 0 Å². The average molecular weight is 248 g/mol. The first-order chi connectivity index (χ1) is 8.67. The van der Waals surface area contributed by atoms with E-state index >= 15 is 0 Å². The molecule has 5 nitrogen and oxygen atoms in total. The molecule has 2 rings (SSSR count).